The van der Waals surface area contributed by atoms with Gasteiger partial charge in [-0.25, -0.2) is 0 Å². The molecule has 0 fully saturated rings. The van der Waals surface area contributed by atoms with E-state index in [2.05, 4.69) is 6.58 Å². The average molecular weight is 266 g/mol. The molecule has 0 unspecified atom stereocenters. The highest BCUT2D eigenvalue weighted by Crippen LogP contribution is 2.23. The summed E-state index contributed by atoms with van der Waals surface area (Å²) in [6.07, 6.45) is 1.97. The fraction of sp³-hybridized carbons (Fsp3) is 0.357. The van der Waals surface area contributed by atoms with Crippen molar-refractivity contribution >= 4 is 28.2 Å². The van der Waals surface area contributed by atoms with E-state index in [-0.39, 0.29) is 5.92 Å². The molecular formula is C14H18OS2. The molecule has 3 heteroatoms. The van der Waals surface area contributed by atoms with Gasteiger partial charge in [-0.05, 0) is 5.56 Å². The average Bonchev–Trinajstić information content (AvgIpc) is 2.36. The van der Waals surface area contributed by atoms with Gasteiger partial charge in [0.2, 0.25) is 0 Å². The predicted octanol–water partition coefficient (Wildman–Crippen LogP) is 3.79. The molecule has 0 aliphatic rings. The fourth-order valence-electron chi connectivity index (χ4n) is 1.54. The van der Waals surface area contributed by atoms with Crippen molar-refractivity contribution in [3.8, 4) is 0 Å². The number of aliphatic hydroxyl groups is 1. The number of benzene rings is 1. The molecule has 0 aliphatic carbocycles. The van der Waals surface area contributed by atoms with Crippen molar-refractivity contribution in [2.75, 3.05) is 5.75 Å². The summed E-state index contributed by atoms with van der Waals surface area (Å²) in [6, 6.07) is 10.0. The van der Waals surface area contributed by atoms with E-state index in [1.807, 2.05) is 43.3 Å². The summed E-state index contributed by atoms with van der Waals surface area (Å²) in [4.78, 5) is 0. The highest BCUT2D eigenvalue weighted by molar-refractivity contribution is 8.23. The summed E-state index contributed by atoms with van der Waals surface area (Å²) in [5.41, 5.74) is 1.15. The number of rotatable bonds is 6. The molecule has 2 atom stereocenters. The Morgan fingerprint density at radius 1 is 1.47 bits per heavy atom. The quantitative estimate of drug-likeness (QED) is 0.625. The van der Waals surface area contributed by atoms with Crippen LogP contribution in [-0.4, -0.2) is 21.2 Å². The smallest absolute Gasteiger partial charge is 0.0659 e. The molecule has 17 heavy (non-hydrogen) atoms. The minimum Gasteiger partial charge on any atom is -0.392 e. The van der Waals surface area contributed by atoms with Crippen LogP contribution in [0.2, 0.25) is 0 Å². The second-order valence-electron chi connectivity index (χ2n) is 3.94. The Bertz CT molecular complexity index is 362. The van der Waals surface area contributed by atoms with Crippen LogP contribution in [0.4, 0.5) is 0 Å². The van der Waals surface area contributed by atoms with Gasteiger partial charge in [0.25, 0.3) is 0 Å². The summed E-state index contributed by atoms with van der Waals surface area (Å²) in [5.74, 6) is 0.920. The zero-order chi connectivity index (χ0) is 12.7. The van der Waals surface area contributed by atoms with Crippen molar-refractivity contribution in [3.63, 3.8) is 0 Å². The molecule has 0 bridgehead atoms. The van der Waals surface area contributed by atoms with E-state index >= 15 is 0 Å². The highest BCUT2D eigenvalue weighted by atomic mass is 32.2. The van der Waals surface area contributed by atoms with Crippen molar-refractivity contribution in [3.05, 3.63) is 48.6 Å². The van der Waals surface area contributed by atoms with Gasteiger partial charge in [-0.1, -0.05) is 55.5 Å². The number of hydrogen-bond acceptors (Lipinski definition) is 3. The maximum Gasteiger partial charge on any atom is 0.0659 e. The molecule has 92 valence electrons. The van der Waals surface area contributed by atoms with Crippen LogP contribution in [0.15, 0.2) is 43.0 Å². The topological polar surface area (TPSA) is 20.2 Å². The highest BCUT2D eigenvalue weighted by Gasteiger charge is 2.17. The Balaban J connectivity index is 2.50. The van der Waals surface area contributed by atoms with E-state index in [0.29, 0.717) is 6.42 Å². The molecule has 1 rings (SSSR count). The van der Waals surface area contributed by atoms with Crippen molar-refractivity contribution in [2.45, 2.75) is 25.4 Å². The minimum atomic E-state index is -0.415. The molecule has 0 saturated heterocycles. The van der Waals surface area contributed by atoms with E-state index in [4.69, 9.17) is 12.2 Å². The van der Waals surface area contributed by atoms with Gasteiger partial charge in [-0.15, -0.1) is 18.3 Å². The number of thioether (sulfide) groups is 1. The van der Waals surface area contributed by atoms with E-state index in [1.54, 1.807) is 11.8 Å². The van der Waals surface area contributed by atoms with Gasteiger partial charge in [0.05, 0.1) is 10.3 Å². The lowest BCUT2D eigenvalue weighted by Crippen LogP contribution is -2.18. The Labute approximate surface area is 113 Å². The molecule has 0 saturated carbocycles. The van der Waals surface area contributed by atoms with E-state index in [9.17, 15) is 5.11 Å². The van der Waals surface area contributed by atoms with Crippen molar-refractivity contribution < 1.29 is 5.11 Å². The van der Waals surface area contributed by atoms with E-state index in [1.165, 1.54) is 0 Å². The minimum absolute atomic E-state index is 0.110. The number of hydrogen-bond donors (Lipinski definition) is 1. The molecule has 0 aromatic heterocycles. The Kier molecular flexibility index (Phi) is 6.48. The lowest BCUT2D eigenvalue weighted by Gasteiger charge is -2.19. The molecular weight excluding hydrogens is 248 g/mol. The van der Waals surface area contributed by atoms with Crippen molar-refractivity contribution in [2.24, 2.45) is 0 Å². The summed E-state index contributed by atoms with van der Waals surface area (Å²) in [5, 5.41) is 10.1. The van der Waals surface area contributed by atoms with Crippen LogP contribution in [0.1, 0.15) is 24.8 Å². The Hall–Kier alpha value is -0.640. The molecule has 1 nitrogen and oxygen atoms in total. The first-order chi connectivity index (χ1) is 8.15. The van der Waals surface area contributed by atoms with Crippen LogP contribution in [0.25, 0.3) is 0 Å². The lowest BCUT2D eigenvalue weighted by atomic mass is 9.94. The molecule has 1 N–H and O–H groups in total. The van der Waals surface area contributed by atoms with Gasteiger partial charge in [0.1, 0.15) is 0 Å². The SMILES string of the molecule is C=CCSC(=S)C[C@H](O)[C@H](C)c1ccccc1. The van der Waals surface area contributed by atoms with Crippen LogP contribution >= 0.6 is 24.0 Å². The first-order valence-corrected chi connectivity index (χ1v) is 7.04. The second kappa shape index (κ2) is 7.64. The molecule has 1 aromatic carbocycles. The van der Waals surface area contributed by atoms with Gasteiger partial charge in [0.15, 0.2) is 0 Å². The molecule has 0 aliphatic heterocycles. The van der Waals surface area contributed by atoms with Gasteiger partial charge in [0, 0.05) is 18.1 Å². The van der Waals surface area contributed by atoms with Crippen LogP contribution < -0.4 is 0 Å². The summed E-state index contributed by atoms with van der Waals surface area (Å²) >= 11 is 6.79. The lowest BCUT2D eigenvalue weighted by molar-refractivity contribution is 0.158. The zero-order valence-electron chi connectivity index (χ0n) is 10.0. The Morgan fingerprint density at radius 3 is 2.71 bits per heavy atom. The normalized spacial score (nSPS) is 14.0. The third kappa shape index (κ3) is 5.02. The number of aliphatic hydroxyl groups excluding tert-OH is 1. The summed E-state index contributed by atoms with van der Waals surface area (Å²) in [7, 11) is 0. The summed E-state index contributed by atoms with van der Waals surface area (Å²) < 4.78 is 0.847. The maximum absolute atomic E-state index is 10.1. The van der Waals surface area contributed by atoms with Crippen LogP contribution in [0.3, 0.4) is 0 Å². The molecule has 1 aromatic rings. The first-order valence-electron chi connectivity index (χ1n) is 5.64. The standard InChI is InChI=1S/C14H18OS2/c1-3-9-17-14(16)10-13(15)11(2)12-7-5-4-6-8-12/h3-8,11,13,15H,1,9-10H2,2H3/t11-,13+/m1/s1. The van der Waals surface area contributed by atoms with E-state index < -0.39 is 6.10 Å². The number of thiocarbonyl (C=S) groups is 1. The first kappa shape index (κ1) is 14.4. The van der Waals surface area contributed by atoms with Gasteiger partial charge in [-0.3, -0.25) is 0 Å². The molecule has 0 spiro atoms. The molecule has 0 heterocycles. The van der Waals surface area contributed by atoms with Gasteiger partial charge < -0.3 is 5.11 Å². The predicted molar refractivity (Wildman–Crippen MR) is 80.7 cm³/mol. The van der Waals surface area contributed by atoms with Crippen LogP contribution in [-0.2, 0) is 0 Å². The van der Waals surface area contributed by atoms with Gasteiger partial charge in [-0.2, -0.15) is 0 Å². The third-order valence-electron chi connectivity index (χ3n) is 2.64. The monoisotopic (exact) mass is 266 g/mol. The summed E-state index contributed by atoms with van der Waals surface area (Å²) in [6.45, 7) is 5.68. The molecule has 0 amide bonds. The van der Waals surface area contributed by atoms with Crippen molar-refractivity contribution in [1.82, 2.24) is 0 Å². The van der Waals surface area contributed by atoms with Gasteiger partial charge >= 0.3 is 0 Å². The van der Waals surface area contributed by atoms with Crippen LogP contribution in [0, 0.1) is 0 Å². The van der Waals surface area contributed by atoms with Crippen LogP contribution in [0.5, 0.6) is 0 Å². The maximum atomic E-state index is 10.1. The fourth-order valence-corrected chi connectivity index (χ4v) is 2.50. The Morgan fingerprint density at radius 2 is 2.12 bits per heavy atom. The largest absolute Gasteiger partial charge is 0.392 e. The second-order valence-corrected chi connectivity index (χ2v) is 5.81. The van der Waals surface area contributed by atoms with E-state index in [0.717, 1.165) is 15.5 Å². The third-order valence-corrected chi connectivity index (χ3v) is 4.05. The molecule has 0 radical (unpaired) electrons. The zero-order valence-corrected chi connectivity index (χ0v) is 11.6. The van der Waals surface area contributed by atoms with Crippen molar-refractivity contribution in [1.29, 1.82) is 0 Å².